The summed E-state index contributed by atoms with van der Waals surface area (Å²) < 4.78 is 64.9. The van der Waals surface area contributed by atoms with E-state index in [1.54, 1.807) is 0 Å². The highest BCUT2D eigenvalue weighted by atomic mass is 32.2. The van der Waals surface area contributed by atoms with E-state index in [9.17, 15) is 27.2 Å². The second kappa shape index (κ2) is 13.0. The predicted octanol–water partition coefficient (Wildman–Crippen LogP) is 2.83. The minimum atomic E-state index is -5.06. The summed E-state index contributed by atoms with van der Waals surface area (Å²) in [5.41, 5.74) is 11.7. The average Bonchev–Trinajstić information content (AvgIpc) is 2.91. The van der Waals surface area contributed by atoms with E-state index in [1.807, 2.05) is 30.3 Å². The fraction of sp³-hybridized carbons (Fsp3) is 0.200. The van der Waals surface area contributed by atoms with Crippen LogP contribution in [0.5, 0.6) is 17.2 Å². The van der Waals surface area contributed by atoms with Crippen LogP contribution in [0.4, 0.5) is 8.78 Å². The molecule has 39 heavy (non-hydrogen) atoms. The number of carbonyl (C=O) groups excluding carboxylic acids is 1. The van der Waals surface area contributed by atoms with Crippen LogP contribution in [0, 0.1) is 17.0 Å². The second-order valence-electron chi connectivity index (χ2n) is 8.24. The zero-order valence-electron chi connectivity index (χ0n) is 20.5. The summed E-state index contributed by atoms with van der Waals surface area (Å²) in [6.45, 7) is 0.488. The third-order valence-electron chi connectivity index (χ3n) is 5.30. The van der Waals surface area contributed by atoms with E-state index in [1.165, 1.54) is 24.3 Å². The number of hydrogen-bond acceptors (Lipinski definition) is 8. The summed E-state index contributed by atoms with van der Waals surface area (Å²) in [6, 6.07) is 14.7. The Morgan fingerprint density at radius 2 is 1.64 bits per heavy atom. The van der Waals surface area contributed by atoms with Gasteiger partial charge in [-0.2, -0.15) is 8.42 Å². The van der Waals surface area contributed by atoms with Crippen LogP contribution in [-0.4, -0.2) is 42.5 Å². The van der Waals surface area contributed by atoms with Gasteiger partial charge in [0.1, 0.15) is 18.1 Å². The van der Waals surface area contributed by atoms with Crippen molar-refractivity contribution in [2.75, 3.05) is 6.54 Å². The van der Waals surface area contributed by atoms with Crippen molar-refractivity contribution in [3.63, 3.8) is 0 Å². The molecule has 0 radical (unpaired) electrons. The topological polar surface area (TPSA) is 181 Å². The molecule has 0 aliphatic carbocycles. The molecule has 11 nitrogen and oxygen atoms in total. The standard InChI is InChI=1S/C25H27F2N5O6S/c26-20-13-19(39(35,36)32(34)24(33)22(28)7-4-12-31-25(29)30)14-21(27)23(20)38-18-10-8-17(9-11-18)37-15-16-5-2-1-3-6-16/h1-3,5-6,8-11,13-14,22,34H,4,7,12,15,28H2,(H4,29,30,31)/t22-/m0/s1. The number of halogens is 2. The Morgan fingerprint density at radius 1 is 1.05 bits per heavy atom. The lowest BCUT2D eigenvalue weighted by atomic mass is 10.1. The van der Waals surface area contributed by atoms with Crippen LogP contribution in [0.15, 0.2) is 71.6 Å². The van der Waals surface area contributed by atoms with Gasteiger partial charge in [0, 0.05) is 6.54 Å². The van der Waals surface area contributed by atoms with Gasteiger partial charge in [-0.1, -0.05) is 30.3 Å². The summed E-state index contributed by atoms with van der Waals surface area (Å²) in [4.78, 5) is 11.3. The van der Waals surface area contributed by atoms with Crippen molar-refractivity contribution in [3.8, 4) is 17.2 Å². The smallest absolute Gasteiger partial charge is 0.289 e. The monoisotopic (exact) mass is 563 g/mol. The predicted molar refractivity (Wildman–Crippen MR) is 137 cm³/mol. The van der Waals surface area contributed by atoms with Gasteiger partial charge in [-0.15, -0.1) is 4.47 Å². The number of sulfonamides is 1. The maximum Gasteiger partial charge on any atom is 0.289 e. The number of nitrogens with two attached hydrogens (primary N) is 2. The molecule has 208 valence electrons. The molecule has 0 fully saturated rings. The van der Waals surface area contributed by atoms with Crippen molar-refractivity contribution < 1.29 is 36.7 Å². The van der Waals surface area contributed by atoms with Crippen LogP contribution in [0.1, 0.15) is 18.4 Å². The van der Waals surface area contributed by atoms with Gasteiger partial charge in [0.05, 0.1) is 10.9 Å². The van der Waals surface area contributed by atoms with Gasteiger partial charge in [0.2, 0.25) is 0 Å². The molecule has 1 atom stereocenters. The second-order valence-corrected chi connectivity index (χ2v) is 10.0. The highest BCUT2D eigenvalue weighted by Gasteiger charge is 2.33. The quantitative estimate of drug-likeness (QED) is 0.0728. The van der Waals surface area contributed by atoms with Crippen molar-refractivity contribution in [2.24, 2.45) is 11.5 Å². The van der Waals surface area contributed by atoms with E-state index in [4.69, 9.17) is 26.4 Å². The molecule has 14 heteroatoms. The largest absolute Gasteiger partial charge is 0.489 e. The van der Waals surface area contributed by atoms with Crippen molar-refractivity contribution >= 4 is 21.9 Å². The minimum absolute atomic E-state index is 0.0414. The van der Waals surface area contributed by atoms with E-state index in [0.717, 1.165) is 5.56 Å². The van der Waals surface area contributed by atoms with Crippen LogP contribution in [0.25, 0.3) is 0 Å². The lowest BCUT2D eigenvalue weighted by Gasteiger charge is -2.19. The number of nitrogens with one attached hydrogen (secondary N) is 2. The van der Waals surface area contributed by atoms with Crippen LogP contribution in [-0.2, 0) is 21.4 Å². The summed E-state index contributed by atoms with van der Waals surface area (Å²) >= 11 is 0. The number of ether oxygens (including phenoxy) is 2. The minimum Gasteiger partial charge on any atom is -0.489 e. The van der Waals surface area contributed by atoms with Crippen molar-refractivity contribution in [1.82, 2.24) is 9.79 Å². The molecule has 3 rings (SSSR count). The number of rotatable bonds is 12. The Balaban J connectivity index is 1.66. The van der Waals surface area contributed by atoms with Crippen LogP contribution in [0.3, 0.4) is 0 Å². The first-order chi connectivity index (χ1) is 18.5. The van der Waals surface area contributed by atoms with E-state index in [0.29, 0.717) is 24.5 Å². The SMILES string of the molecule is N=C(N)NCCC[C@H](N)C(=O)N(O)S(=O)(=O)c1cc(F)c(Oc2ccc(OCc3ccccc3)cc2)c(F)c1. The first kappa shape index (κ1) is 29.3. The maximum atomic E-state index is 14.7. The molecule has 0 aliphatic heterocycles. The number of hydrogen-bond donors (Lipinski definition) is 5. The highest BCUT2D eigenvalue weighted by molar-refractivity contribution is 7.89. The van der Waals surface area contributed by atoms with Crippen molar-refractivity contribution in [2.45, 2.75) is 30.4 Å². The third-order valence-corrected chi connectivity index (χ3v) is 6.77. The van der Waals surface area contributed by atoms with Crippen LogP contribution < -0.4 is 26.3 Å². The summed E-state index contributed by atoms with van der Waals surface area (Å²) in [6.07, 6.45) is 0.146. The van der Waals surface area contributed by atoms with E-state index < -0.39 is 48.7 Å². The normalized spacial score (nSPS) is 11.9. The summed E-state index contributed by atoms with van der Waals surface area (Å²) in [5.74, 6) is -4.86. The number of guanidine groups is 1. The molecular weight excluding hydrogens is 536 g/mol. The van der Waals surface area contributed by atoms with Gasteiger partial charge >= 0.3 is 0 Å². The number of carbonyl (C=O) groups is 1. The molecule has 0 saturated carbocycles. The third kappa shape index (κ3) is 7.86. The number of nitrogens with zero attached hydrogens (tertiary/aromatic N) is 1. The highest BCUT2D eigenvalue weighted by Crippen LogP contribution is 2.31. The Morgan fingerprint density at radius 3 is 2.23 bits per heavy atom. The van der Waals surface area contributed by atoms with E-state index in [-0.39, 0.29) is 31.1 Å². The number of hydroxylamine groups is 1. The molecule has 0 unspecified atom stereocenters. The fourth-order valence-electron chi connectivity index (χ4n) is 3.27. The summed E-state index contributed by atoms with van der Waals surface area (Å²) in [5, 5.41) is 19.5. The molecule has 0 spiro atoms. The Kier molecular flexibility index (Phi) is 9.76. The molecule has 0 aliphatic rings. The average molecular weight is 564 g/mol. The van der Waals surface area contributed by atoms with E-state index >= 15 is 0 Å². The Hall–Kier alpha value is -4.27. The number of amides is 1. The molecule has 0 heterocycles. The van der Waals surface area contributed by atoms with Crippen molar-refractivity contribution in [1.29, 1.82) is 5.41 Å². The van der Waals surface area contributed by atoms with Gasteiger partial charge < -0.3 is 26.3 Å². The zero-order valence-corrected chi connectivity index (χ0v) is 21.3. The molecule has 0 saturated heterocycles. The van der Waals surface area contributed by atoms with Gasteiger partial charge in [-0.25, -0.2) is 8.78 Å². The first-order valence-electron chi connectivity index (χ1n) is 11.5. The Labute approximate surface area is 223 Å². The molecule has 7 N–H and O–H groups in total. The zero-order chi connectivity index (χ0) is 28.6. The molecule has 0 aromatic heterocycles. The fourth-order valence-corrected chi connectivity index (χ4v) is 4.35. The first-order valence-corrected chi connectivity index (χ1v) is 13.0. The van der Waals surface area contributed by atoms with Gasteiger partial charge in [-0.05, 0) is 54.8 Å². The van der Waals surface area contributed by atoms with Crippen LogP contribution in [0.2, 0.25) is 0 Å². The van der Waals surface area contributed by atoms with Crippen LogP contribution >= 0.6 is 0 Å². The maximum absolute atomic E-state index is 14.7. The van der Waals surface area contributed by atoms with Gasteiger partial charge in [-0.3, -0.25) is 15.4 Å². The summed E-state index contributed by atoms with van der Waals surface area (Å²) in [7, 11) is -5.06. The van der Waals surface area contributed by atoms with Crippen molar-refractivity contribution in [3.05, 3.63) is 83.9 Å². The molecule has 3 aromatic carbocycles. The number of benzene rings is 3. The lowest BCUT2D eigenvalue weighted by molar-refractivity contribution is -0.147. The molecular formula is C25H27F2N5O6S. The molecule has 1 amide bonds. The molecule has 3 aromatic rings. The molecule has 0 bridgehead atoms. The van der Waals surface area contributed by atoms with Gasteiger partial charge in [0.15, 0.2) is 23.3 Å². The van der Waals surface area contributed by atoms with E-state index in [2.05, 4.69) is 5.32 Å². The Bertz CT molecular complexity index is 1390. The lowest BCUT2D eigenvalue weighted by Crippen LogP contribution is -2.45. The van der Waals surface area contributed by atoms with Gasteiger partial charge in [0.25, 0.3) is 15.9 Å².